The van der Waals surface area contributed by atoms with Crippen molar-refractivity contribution in [3.05, 3.63) is 47.8 Å². The summed E-state index contributed by atoms with van der Waals surface area (Å²) in [4.78, 5) is 13.0. The molecule has 4 heteroatoms. The van der Waals surface area contributed by atoms with E-state index in [9.17, 15) is 4.79 Å². The number of carbonyl (C=O) groups is 1. The van der Waals surface area contributed by atoms with Crippen LogP contribution in [0, 0.1) is 0 Å². The molecule has 0 aromatic heterocycles. The Morgan fingerprint density at radius 3 is 2.65 bits per heavy atom. The Bertz CT molecular complexity index is 430. The standard InChI is InChI=1S/C13H16N2OS/c1-11-8-14(12(2)16)10-15(11)17-9-13-6-4-3-5-7-13/h3-8H,9-10H2,1-2H3. The minimum atomic E-state index is 0.0900. The summed E-state index contributed by atoms with van der Waals surface area (Å²) in [6.45, 7) is 4.27. The first-order chi connectivity index (χ1) is 8.16. The lowest BCUT2D eigenvalue weighted by Crippen LogP contribution is -2.25. The van der Waals surface area contributed by atoms with Crippen molar-refractivity contribution in [2.45, 2.75) is 19.6 Å². The molecule has 2 rings (SSSR count). The summed E-state index contributed by atoms with van der Waals surface area (Å²) >= 11 is 1.74. The third-order valence-electron chi connectivity index (χ3n) is 2.65. The van der Waals surface area contributed by atoms with Crippen LogP contribution in [0.4, 0.5) is 0 Å². The molecule has 3 nitrogen and oxygen atoms in total. The smallest absolute Gasteiger partial charge is 0.224 e. The Kier molecular flexibility index (Phi) is 3.74. The molecule has 0 unspecified atom stereocenters. The molecule has 0 aliphatic carbocycles. The zero-order chi connectivity index (χ0) is 12.3. The van der Waals surface area contributed by atoms with E-state index < -0.39 is 0 Å². The van der Waals surface area contributed by atoms with Crippen molar-refractivity contribution in [1.82, 2.24) is 9.21 Å². The van der Waals surface area contributed by atoms with Gasteiger partial charge in [0, 0.05) is 24.6 Å². The predicted molar refractivity (Wildman–Crippen MR) is 70.7 cm³/mol. The van der Waals surface area contributed by atoms with Crippen molar-refractivity contribution < 1.29 is 4.79 Å². The fraction of sp³-hybridized carbons (Fsp3) is 0.308. The SMILES string of the molecule is CC(=O)N1C=C(C)N(SCc2ccccc2)C1. The van der Waals surface area contributed by atoms with Gasteiger partial charge in [-0.15, -0.1) is 0 Å². The minimum Gasteiger partial charge on any atom is -0.299 e. The summed E-state index contributed by atoms with van der Waals surface area (Å²) in [6, 6.07) is 10.3. The van der Waals surface area contributed by atoms with Crippen LogP contribution >= 0.6 is 11.9 Å². The number of allylic oxidation sites excluding steroid dienone is 1. The molecule has 1 aromatic rings. The Morgan fingerprint density at radius 2 is 2.06 bits per heavy atom. The van der Waals surface area contributed by atoms with Crippen molar-refractivity contribution >= 4 is 17.9 Å². The minimum absolute atomic E-state index is 0.0900. The van der Waals surface area contributed by atoms with Crippen LogP contribution in [-0.4, -0.2) is 21.8 Å². The number of benzene rings is 1. The maximum atomic E-state index is 11.3. The van der Waals surface area contributed by atoms with Crippen molar-refractivity contribution in [2.75, 3.05) is 6.67 Å². The first-order valence-corrected chi connectivity index (χ1v) is 6.51. The van der Waals surface area contributed by atoms with Crippen molar-refractivity contribution in [3.63, 3.8) is 0 Å². The summed E-state index contributed by atoms with van der Waals surface area (Å²) in [5.41, 5.74) is 2.42. The van der Waals surface area contributed by atoms with E-state index >= 15 is 0 Å². The second kappa shape index (κ2) is 5.27. The number of hydrogen-bond donors (Lipinski definition) is 0. The number of rotatable bonds is 3. The van der Waals surface area contributed by atoms with E-state index in [1.807, 2.05) is 31.3 Å². The van der Waals surface area contributed by atoms with Crippen molar-refractivity contribution in [3.8, 4) is 0 Å². The van der Waals surface area contributed by atoms with Gasteiger partial charge in [-0.1, -0.05) is 30.3 Å². The van der Waals surface area contributed by atoms with E-state index in [1.54, 1.807) is 23.8 Å². The van der Waals surface area contributed by atoms with Gasteiger partial charge in [0.25, 0.3) is 0 Å². The molecule has 0 spiro atoms. The average Bonchev–Trinajstić information content (AvgIpc) is 2.70. The van der Waals surface area contributed by atoms with Crippen LogP contribution in [0.15, 0.2) is 42.2 Å². The van der Waals surface area contributed by atoms with Gasteiger partial charge in [0.1, 0.15) is 6.67 Å². The molecule has 0 radical (unpaired) electrons. The van der Waals surface area contributed by atoms with E-state index in [4.69, 9.17) is 0 Å². The molecule has 1 heterocycles. The molecule has 1 aliphatic rings. The summed E-state index contributed by atoms with van der Waals surface area (Å²) in [5, 5.41) is 0. The summed E-state index contributed by atoms with van der Waals surface area (Å²) in [5.74, 6) is 1.02. The van der Waals surface area contributed by atoms with Gasteiger partial charge >= 0.3 is 0 Å². The Morgan fingerprint density at radius 1 is 1.35 bits per heavy atom. The van der Waals surface area contributed by atoms with Gasteiger partial charge in [0.2, 0.25) is 5.91 Å². The fourth-order valence-electron chi connectivity index (χ4n) is 1.64. The second-order valence-corrected chi connectivity index (χ2v) is 5.03. The van der Waals surface area contributed by atoms with Gasteiger partial charge in [0.15, 0.2) is 0 Å². The molecule has 90 valence electrons. The lowest BCUT2D eigenvalue weighted by Gasteiger charge is -2.19. The van der Waals surface area contributed by atoms with E-state index in [0.717, 1.165) is 11.4 Å². The molecule has 17 heavy (non-hydrogen) atoms. The second-order valence-electron chi connectivity index (χ2n) is 4.04. The van der Waals surface area contributed by atoms with E-state index in [1.165, 1.54) is 5.56 Å². The number of carbonyl (C=O) groups excluding carboxylic acids is 1. The molecule has 0 saturated heterocycles. The van der Waals surface area contributed by atoms with Crippen LogP contribution in [0.1, 0.15) is 19.4 Å². The molecule has 1 amide bonds. The maximum Gasteiger partial charge on any atom is 0.224 e. The highest BCUT2D eigenvalue weighted by Crippen LogP contribution is 2.26. The van der Waals surface area contributed by atoms with E-state index in [0.29, 0.717) is 6.67 Å². The average molecular weight is 248 g/mol. The molecule has 0 fully saturated rings. The van der Waals surface area contributed by atoms with Gasteiger partial charge in [-0.25, -0.2) is 0 Å². The van der Waals surface area contributed by atoms with Gasteiger partial charge in [-0.3, -0.25) is 14.0 Å². The highest BCUT2D eigenvalue weighted by atomic mass is 32.2. The first-order valence-electron chi connectivity index (χ1n) is 5.57. The lowest BCUT2D eigenvalue weighted by atomic mass is 10.2. The topological polar surface area (TPSA) is 23.6 Å². The number of nitrogens with zero attached hydrogens (tertiary/aromatic N) is 2. The summed E-state index contributed by atoms with van der Waals surface area (Å²) in [6.07, 6.45) is 1.90. The van der Waals surface area contributed by atoms with Gasteiger partial charge < -0.3 is 0 Å². The van der Waals surface area contributed by atoms with Crippen molar-refractivity contribution in [1.29, 1.82) is 0 Å². The van der Waals surface area contributed by atoms with Gasteiger partial charge in [-0.2, -0.15) is 0 Å². The molecule has 0 bridgehead atoms. The zero-order valence-corrected chi connectivity index (χ0v) is 10.9. The van der Waals surface area contributed by atoms with Crippen LogP contribution in [0.5, 0.6) is 0 Å². The van der Waals surface area contributed by atoms with Gasteiger partial charge in [-0.05, 0) is 24.4 Å². The van der Waals surface area contributed by atoms with E-state index in [2.05, 4.69) is 16.4 Å². The molecule has 0 N–H and O–H groups in total. The highest BCUT2D eigenvalue weighted by Gasteiger charge is 2.20. The molecule has 1 aromatic carbocycles. The maximum absolute atomic E-state index is 11.3. The molecular formula is C13H16N2OS. The molecule has 1 aliphatic heterocycles. The van der Waals surface area contributed by atoms with Crippen LogP contribution < -0.4 is 0 Å². The normalized spacial score (nSPS) is 15.1. The van der Waals surface area contributed by atoms with E-state index in [-0.39, 0.29) is 5.91 Å². The number of hydrogen-bond acceptors (Lipinski definition) is 3. The van der Waals surface area contributed by atoms with Crippen LogP contribution in [0.2, 0.25) is 0 Å². The number of amides is 1. The Balaban J connectivity index is 1.90. The first kappa shape index (κ1) is 12.0. The largest absolute Gasteiger partial charge is 0.299 e. The Hall–Kier alpha value is -1.42. The zero-order valence-electron chi connectivity index (χ0n) is 10.1. The third kappa shape index (κ3) is 3.03. The Labute approximate surface area is 106 Å². The summed E-state index contributed by atoms with van der Waals surface area (Å²) in [7, 11) is 0. The molecule has 0 atom stereocenters. The van der Waals surface area contributed by atoms with Crippen LogP contribution in [0.25, 0.3) is 0 Å². The van der Waals surface area contributed by atoms with Gasteiger partial charge in [0.05, 0.1) is 0 Å². The van der Waals surface area contributed by atoms with Crippen LogP contribution in [0.3, 0.4) is 0 Å². The fourth-order valence-corrected chi connectivity index (χ4v) is 2.59. The predicted octanol–water partition coefficient (Wildman–Crippen LogP) is 2.82. The highest BCUT2D eigenvalue weighted by molar-refractivity contribution is 7.96. The summed E-state index contributed by atoms with van der Waals surface area (Å²) < 4.78 is 2.15. The monoisotopic (exact) mass is 248 g/mol. The third-order valence-corrected chi connectivity index (χ3v) is 3.83. The quantitative estimate of drug-likeness (QED) is 0.768. The molecular weight excluding hydrogens is 232 g/mol. The van der Waals surface area contributed by atoms with Crippen molar-refractivity contribution in [2.24, 2.45) is 0 Å². The van der Waals surface area contributed by atoms with Crippen LogP contribution in [-0.2, 0) is 10.5 Å². The molecule has 0 saturated carbocycles. The lowest BCUT2D eigenvalue weighted by molar-refractivity contribution is -0.126.